The van der Waals surface area contributed by atoms with Crippen molar-refractivity contribution < 1.29 is 14.3 Å². The highest BCUT2D eigenvalue weighted by atomic mass is 16.5. The average molecular weight is 309 g/mol. The molecule has 0 fully saturated rings. The summed E-state index contributed by atoms with van der Waals surface area (Å²) < 4.78 is 11.3. The lowest BCUT2D eigenvalue weighted by Gasteiger charge is -2.40. The van der Waals surface area contributed by atoms with Crippen LogP contribution < -0.4 is 9.47 Å². The molecule has 118 valence electrons. The van der Waals surface area contributed by atoms with E-state index in [1.165, 1.54) is 22.3 Å². The van der Waals surface area contributed by atoms with E-state index in [9.17, 15) is 4.79 Å². The van der Waals surface area contributed by atoms with E-state index in [0.29, 0.717) is 0 Å². The van der Waals surface area contributed by atoms with Gasteiger partial charge in [0.25, 0.3) is 0 Å². The second kappa shape index (κ2) is 5.30. The third-order valence-electron chi connectivity index (χ3n) is 5.00. The number of carbonyl (C=O) groups excluding carboxylic acids is 1. The summed E-state index contributed by atoms with van der Waals surface area (Å²) in [4.78, 5) is 13.4. The summed E-state index contributed by atoms with van der Waals surface area (Å²) in [5, 5.41) is 0. The van der Waals surface area contributed by atoms with Gasteiger partial charge >= 0.3 is 0 Å². The van der Waals surface area contributed by atoms with Gasteiger partial charge in [0.15, 0.2) is 11.5 Å². The molecular formula is C19H19NO3. The SMILES string of the molecule is COc1cc2c3c(c1OC)-c1ccccc1CC3N(C=O)CC2. The normalized spacial score (nSPS) is 18.0. The fraction of sp³-hybridized carbons (Fsp3) is 0.316. The number of fused-ring (bicyclic) bond motifs is 2. The Balaban J connectivity index is 2.07. The van der Waals surface area contributed by atoms with Crippen molar-refractivity contribution in [2.24, 2.45) is 0 Å². The summed E-state index contributed by atoms with van der Waals surface area (Å²) in [7, 11) is 3.34. The van der Waals surface area contributed by atoms with Crippen molar-refractivity contribution in [3.63, 3.8) is 0 Å². The molecule has 4 nitrogen and oxygen atoms in total. The number of rotatable bonds is 3. The molecule has 4 rings (SSSR count). The number of ether oxygens (including phenoxy) is 2. The van der Waals surface area contributed by atoms with E-state index < -0.39 is 0 Å². The minimum atomic E-state index is 0.0842. The van der Waals surface area contributed by atoms with Gasteiger partial charge in [0.2, 0.25) is 6.41 Å². The quantitative estimate of drug-likeness (QED) is 0.818. The summed E-state index contributed by atoms with van der Waals surface area (Å²) in [6.07, 6.45) is 2.67. The fourth-order valence-electron chi connectivity index (χ4n) is 3.98. The number of hydrogen-bond donors (Lipinski definition) is 0. The number of amides is 1. The zero-order chi connectivity index (χ0) is 16.0. The zero-order valence-corrected chi connectivity index (χ0v) is 13.3. The lowest BCUT2D eigenvalue weighted by Crippen LogP contribution is -2.37. The molecule has 0 aromatic heterocycles. The first-order chi connectivity index (χ1) is 11.3. The Morgan fingerprint density at radius 3 is 2.74 bits per heavy atom. The van der Waals surface area contributed by atoms with Gasteiger partial charge in [-0.15, -0.1) is 0 Å². The Bertz CT molecular complexity index is 784. The number of hydrogen-bond acceptors (Lipinski definition) is 3. The fourth-order valence-corrected chi connectivity index (χ4v) is 3.98. The molecule has 1 amide bonds. The van der Waals surface area contributed by atoms with E-state index in [1.54, 1.807) is 14.2 Å². The highest BCUT2D eigenvalue weighted by Crippen LogP contribution is 2.52. The molecule has 0 saturated heterocycles. The molecule has 1 unspecified atom stereocenters. The van der Waals surface area contributed by atoms with Gasteiger partial charge in [-0.2, -0.15) is 0 Å². The molecule has 0 radical (unpaired) electrons. The summed E-state index contributed by atoms with van der Waals surface area (Å²) in [6, 6.07) is 10.5. The highest BCUT2D eigenvalue weighted by Gasteiger charge is 2.36. The maximum atomic E-state index is 11.5. The van der Waals surface area contributed by atoms with Crippen molar-refractivity contribution >= 4 is 6.41 Å². The molecule has 1 aliphatic carbocycles. The molecule has 0 saturated carbocycles. The van der Waals surface area contributed by atoms with Crippen molar-refractivity contribution in [3.8, 4) is 22.6 Å². The van der Waals surface area contributed by atoms with Crippen LogP contribution in [-0.4, -0.2) is 32.1 Å². The largest absolute Gasteiger partial charge is 0.493 e. The molecule has 1 atom stereocenters. The maximum Gasteiger partial charge on any atom is 0.210 e. The lowest BCUT2D eigenvalue weighted by molar-refractivity contribution is -0.120. The molecular weight excluding hydrogens is 290 g/mol. The van der Waals surface area contributed by atoms with Crippen LogP contribution in [0.4, 0.5) is 0 Å². The number of carbonyl (C=O) groups is 1. The van der Waals surface area contributed by atoms with Crippen LogP contribution in [-0.2, 0) is 17.6 Å². The predicted octanol–water partition coefficient (Wildman–Crippen LogP) is 2.98. The highest BCUT2D eigenvalue weighted by molar-refractivity contribution is 5.84. The van der Waals surface area contributed by atoms with E-state index in [4.69, 9.17) is 9.47 Å². The molecule has 2 aliphatic rings. The van der Waals surface area contributed by atoms with Crippen LogP contribution in [0, 0.1) is 0 Å². The molecule has 0 spiro atoms. The van der Waals surface area contributed by atoms with Crippen molar-refractivity contribution in [3.05, 3.63) is 47.0 Å². The summed E-state index contributed by atoms with van der Waals surface area (Å²) >= 11 is 0. The van der Waals surface area contributed by atoms with Crippen LogP contribution >= 0.6 is 0 Å². The third-order valence-corrected chi connectivity index (χ3v) is 5.00. The molecule has 1 heterocycles. The van der Waals surface area contributed by atoms with E-state index in [0.717, 1.165) is 42.9 Å². The predicted molar refractivity (Wildman–Crippen MR) is 87.9 cm³/mol. The van der Waals surface area contributed by atoms with Gasteiger partial charge in [0.05, 0.1) is 20.3 Å². The zero-order valence-electron chi connectivity index (χ0n) is 13.3. The maximum absolute atomic E-state index is 11.5. The molecule has 1 aliphatic heterocycles. The van der Waals surface area contributed by atoms with Gasteiger partial charge in [0, 0.05) is 12.1 Å². The van der Waals surface area contributed by atoms with Crippen molar-refractivity contribution in [2.75, 3.05) is 20.8 Å². The lowest BCUT2D eigenvalue weighted by atomic mass is 9.76. The Hall–Kier alpha value is -2.49. The first kappa shape index (κ1) is 14.1. The van der Waals surface area contributed by atoms with Crippen LogP contribution in [0.25, 0.3) is 11.1 Å². The number of methoxy groups -OCH3 is 2. The Morgan fingerprint density at radius 2 is 2.00 bits per heavy atom. The molecule has 2 aromatic carbocycles. The molecule has 23 heavy (non-hydrogen) atoms. The minimum Gasteiger partial charge on any atom is -0.493 e. The molecule has 4 heteroatoms. The monoisotopic (exact) mass is 309 g/mol. The van der Waals surface area contributed by atoms with Gasteiger partial charge in [-0.3, -0.25) is 4.79 Å². The first-order valence-corrected chi connectivity index (χ1v) is 7.85. The second-order valence-corrected chi connectivity index (χ2v) is 6.03. The van der Waals surface area contributed by atoms with Crippen LogP contribution in [0.1, 0.15) is 22.7 Å². The number of benzene rings is 2. The Labute approximate surface area is 135 Å². The van der Waals surface area contributed by atoms with Crippen molar-refractivity contribution in [1.29, 1.82) is 0 Å². The van der Waals surface area contributed by atoms with Crippen LogP contribution in [0.15, 0.2) is 30.3 Å². The van der Waals surface area contributed by atoms with E-state index in [-0.39, 0.29) is 6.04 Å². The number of nitrogens with zero attached hydrogens (tertiary/aromatic N) is 1. The standard InChI is InChI=1S/C19H19NO3/c1-22-16-10-13-7-8-20(11-21)15-9-12-5-3-4-6-14(12)18(17(13)15)19(16)23-2/h3-6,10-11,15H,7-9H2,1-2H3. The van der Waals surface area contributed by atoms with E-state index in [1.807, 2.05) is 17.0 Å². The van der Waals surface area contributed by atoms with Crippen LogP contribution in [0.5, 0.6) is 11.5 Å². The summed E-state index contributed by atoms with van der Waals surface area (Å²) in [6.45, 7) is 0.748. The average Bonchev–Trinajstić information content (AvgIpc) is 2.61. The van der Waals surface area contributed by atoms with Gasteiger partial charge in [0.1, 0.15) is 0 Å². The summed E-state index contributed by atoms with van der Waals surface area (Å²) in [5.74, 6) is 1.52. The molecule has 0 bridgehead atoms. The first-order valence-electron chi connectivity index (χ1n) is 7.85. The Kier molecular flexibility index (Phi) is 3.26. The van der Waals surface area contributed by atoms with Gasteiger partial charge < -0.3 is 14.4 Å². The Morgan fingerprint density at radius 1 is 1.17 bits per heavy atom. The third kappa shape index (κ3) is 1.94. The van der Waals surface area contributed by atoms with E-state index in [2.05, 4.69) is 18.2 Å². The van der Waals surface area contributed by atoms with E-state index >= 15 is 0 Å². The van der Waals surface area contributed by atoms with Crippen molar-refractivity contribution in [1.82, 2.24) is 4.90 Å². The molecule has 2 aromatic rings. The molecule has 0 N–H and O–H groups in total. The minimum absolute atomic E-state index is 0.0842. The van der Waals surface area contributed by atoms with Gasteiger partial charge in [-0.1, -0.05) is 24.3 Å². The summed E-state index contributed by atoms with van der Waals surface area (Å²) in [5.41, 5.74) is 6.00. The topological polar surface area (TPSA) is 38.8 Å². The van der Waals surface area contributed by atoms with Crippen LogP contribution in [0.3, 0.4) is 0 Å². The smallest absolute Gasteiger partial charge is 0.210 e. The van der Waals surface area contributed by atoms with Gasteiger partial charge in [-0.25, -0.2) is 0 Å². The van der Waals surface area contributed by atoms with Gasteiger partial charge in [-0.05, 0) is 41.2 Å². The van der Waals surface area contributed by atoms with Crippen molar-refractivity contribution in [2.45, 2.75) is 18.9 Å². The van der Waals surface area contributed by atoms with Crippen LogP contribution in [0.2, 0.25) is 0 Å². The second-order valence-electron chi connectivity index (χ2n) is 6.03.